The summed E-state index contributed by atoms with van der Waals surface area (Å²) in [4.78, 5) is 30.5. The van der Waals surface area contributed by atoms with Crippen LogP contribution in [0.2, 0.25) is 5.02 Å². The molecule has 0 saturated carbocycles. The van der Waals surface area contributed by atoms with E-state index in [-0.39, 0.29) is 12.2 Å². The van der Waals surface area contributed by atoms with Crippen molar-refractivity contribution in [3.05, 3.63) is 58.9 Å². The number of halogens is 4. The lowest BCUT2D eigenvalue weighted by Crippen LogP contribution is -2.57. The summed E-state index contributed by atoms with van der Waals surface area (Å²) >= 11 is 6.25. The average molecular weight is 502 g/mol. The highest BCUT2D eigenvalue weighted by molar-refractivity contribution is 6.31. The largest absolute Gasteiger partial charge is 0.483 e. The van der Waals surface area contributed by atoms with Gasteiger partial charge in [-0.05, 0) is 51.5 Å². The first-order valence-electron chi connectivity index (χ1n) is 10.4. The van der Waals surface area contributed by atoms with Gasteiger partial charge in [-0.3, -0.25) is 14.7 Å². The highest BCUT2D eigenvalue weighted by Crippen LogP contribution is 2.25. The SMILES string of the molecule is C[C@@H](NC(=O)[C@H](Cc1ccccc1Cl)N(C(=O)O)C(C)(C)C)c1ccc(OCC(F)(F)F)cn1. The minimum atomic E-state index is -4.47. The molecule has 2 aromatic rings. The molecule has 2 N–H and O–H groups in total. The van der Waals surface area contributed by atoms with Gasteiger partial charge >= 0.3 is 12.3 Å². The number of hydrogen-bond acceptors (Lipinski definition) is 4. The van der Waals surface area contributed by atoms with Crippen LogP contribution in [0, 0.1) is 0 Å². The van der Waals surface area contributed by atoms with Crippen LogP contribution in [0.4, 0.5) is 18.0 Å². The summed E-state index contributed by atoms with van der Waals surface area (Å²) < 4.78 is 41.6. The fourth-order valence-electron chi connectivity index (χ4n) is 3.34. The summed E-state index contributed by atoms with van der Waals surface area (Å²) in [5.41, 5.74) is 0.0761. The Bertz CT molecular complexity index is 994. The molecule has 0 aliphatic carbocycles. The number of amides is 2. The quantitative estimate of drug-likeness (QED) is 0.516. The van der Waals surface area contributed by atoms with Crippen molar-refractivity contribution < 1.29 is 32.6 Å². The van der Waals surface area contributed by atoms with E-state index in [1.807, 2.05) is 0 Å². The van der Waals surface area contributed by atoms with Gasteiger partial charge in [0, 0.05) is 17.0 Å². The van der Waals surface area contributed by atoms with Crippen LogP contribution in [0.3, 0.4) is 0 Å². The lowest BCUT2D eigenvalue weighted by molar-refractivity contribution is -0.153. The van der Waals surface area contributed by atoms with Crippen LogP contribution < -0.4 is 10.1 Å². The number of benzene rings is 1. The monoisotopic (exact) mass is 501 g/mol. The van der Waals surface area contributed by atoms with Crippen molar-refractivity contribution in [2.45, 2.75) is 57.9 Å². The van der Waals surface area contributed by atoms with Crippen LogP contribution in [0.5, 0.6) is 5.75 Å². The van der Waals surface area contributed by atoms with E-state index in [2.05, 4.69) is 15.0 Å². The maximum Gasteiger partial charge on any atom is 0.422 e. The van der Waals surface area contributed by atoms with E-state index in [4.69, 9.17) is 11.6 Å². The molecule has 2 atom stereocenters. The smallest absolute Gasteiger partial charge is 0.422 e. The average Bonchev–Trinajstić information content (AvgIpc) is 2.71. The molecule has 0 fully saturated rings. The molecule has 0 aliphatic rings. The Balaban J connectivity index is 2.23. The van der Waals surface area contributed by atoms with Crippen molar-refractivity contribution >= 4 is 23.6 Å². The van der Waals surface area contributed by atoms with Crippen LogP contribution in [-0.2, 0) is 11.2 Å². The second-order valence-electron chi connectivity index (χ2n) is 8.69. The molecule has 0 aliphatic heterocycles. The molecule has 7 nitrogen and oxygen atoms in total. The van der Waals surface area contributed by atoms with Gasteiger partial charge in [-0.1, -0.05) is 29.8 Å². The van der Waals surface area contributed by atoms with Crippen molar-refractivity contribution in [3.63, 3.8) is 0 Å². The van der Waals surface area contributed by atoms with Crippen LogP contribution in [-0.4, -0.2) is 51.4 Å². The zero-order valence-electron chi connectivity index (χ0n) is 19.2. The molecular weight excluding hydrogens is 475 g/mol. The lowest BCUT2D eigenvalue weighted by Gasteiger charge is -2.39. The Morgan fingerprint density at radius 2 is 1.82 bits per heavy atom. The number of hydrogen-bond donors (Lipinski definition) is 2. The van der Waals surface area contributed by atoms with Gasteiger partial charge in [0.15, 0.2) is 6.61 Å². The molecule has 0 spiro atoms. The number of aromatic nitrogens is 1. The molecule has 0 radical (unpaired) electrons. The van der Waals surface area contributed by atoms with E-state index in [1.165, 1.54) is 12.1 Å². The van der Waals surface area contributed by atoms with Crippen LogP contribution >= 0.6 is 11.6 Å². The molecule has 1 aromatic heterocycles. The highest BCUT2D eigenvalue weighted by Gasteiger charge is 2.38. The fourth-order valence-corrected chi connectivity index (χ4v) is 3.56. The maximum absolute atomic E-state index is 13.3. The zero-order valence-corrected chi connectivity index (χ0v) is 19.9. The third-order valence-electron chi connectivity index (χ3n) is 4.88. The molecular formula is C23H27ClF3N3O4. The fraction of sp³-hybridized carbons (Fsp3) is 0.435. The Kier molecular flexibility index (Phi) is 8.77. The normalized spacial score (nSPS) is 13.6. The Morgan fingerprint density at radius 3 is 2.32 bits per heavy atom. The van der Waals surface area contributed by atoms with E-state index in [0.29, 0.717) is 16.3 Å². The molecule has 186 valence electrons. The van der Waals surface area contributed by atoms with Crippen molar-refractivity contribution in [1.29, 1.82) is 0 Å². The second-order valence-corrected chi connectivity index (χ2v) is 9.09. The van der Waals surface area contributed by atoms with Crippen molar-refractivity contribution in [2.75, 3.05) is 6.61 Å². The molecule has 0 bridgehead atoms. The Labute approximate surface area is 200 Å². The van der Waals surface area contributed by atoms with E-state index in [0.717, 1.165) is 11.1 Å². The van der Waals surface area contributed by atoms with E-state index >= 15 is 0 Å². The summed E-state index contributed by atoms with van der Waals surface area (Å²) in [6.45, 7) is 5.23. The predicted molar refractivity (Wildman–Crippen MR) is 121 cm³/mol. The van der Waals surface area contributed by atoms with Gasteiger partial charge in [-0.15, -0.1) is 0 Å². The third kappa shape index (κ3) is 7.79. The third-order valence-corrected chi connectivity index (χ3v) is 5.25. The molecule has 34 heavy (non-hydrogen) atoms. The molecule has 0 unspecified atom stereocenters. The van der Waals surface area contributed by atoms with Gasteiger partial charge in [0.05, 0.1) is 17.9 Å². The maximum atomic E-state index is 13.3. The first-order valence-corrected chi connectivity index (χ1v) is 10.8. The van der Waals surface area contributed by atoms with Crippen LogP contribution in [0.15, 0.2) is 42.6 Å². The van der Waals surface area contributed by atoms with Gasteiger partial charge in [0.1, 0.15) is 11.8 Å². The van der Waals surface area contributed by atoms with Gasteiger partial charge in [0.2, 0.25) is 5.91 Å². The summed E-state index contributed by atoms with van der Waals surface area (Å²) in [5, 5.41) is 13.0. The Morgan fingerprint density at radius 1 is 1.18 bits per heavy atom. The first-order chi connectivity index (χ1) is 15.7. The first kappa shape index (κ1) is 27.2. The van der Waals surface area contributed by atoms with E-state index in [9.17, 15) is 27.9 Å². The number of alkyl halides is 3. The minimum absolute atomic E-state index is 0.0411. The zero-order chi connectivity index (χ0) is 25.7. The number of nitrogens with zero attached hydrogens (tertiary/aromatic N) is 2. The van der Waals surface area contributed by atoms with Crippen LogP contribution in [0.1, 0.15) is 45.0 Å². The number of ether oxygens (including phenoxy) is 1. The van der Waals surface area contributed by atoms with Crippen LogP contribution in [0.25, 0.3) is 0 Å². The summed E-state index contributed by atoms with van der Waals surface area (Å²) in [6, 6.07) is 7.83. The highest BCUT2D eigenvalue weighted by atomic mass is 35.5. The number of carbonyl (C=O) groups excluding carboxylic acids is 1. The van der Waals surface area contributed by atoms with Crippen molar-refractivity contribution in [2.24, 2.45) is 0 Å². The topological polar surface area (TPSA) is 91.8 Å². The van der Waals surface area contributed by atoms with Gasteiger partial charge in [-0.25, -0.2) is 4.79 Å². The number of pyridine rings is 1. The molecule has 1 heterocycles. The molecule has 2 amide bonds. The predicted octanol–water partition coefficient (Wildman–Crippen LogP) is 5.24. The van der Waals surface area contributed by atoms with E-state index in [1.54, 1.807) is 52.0 Å². The van der Waals surface area contributed by atoms with Gasteiger partial charge in [0.25, 0.3) is 0 Å². The number of nitrogens with one attached hydrogen (secondary N) is 1. The van der Waals surface area contributed by atoms with Gasteiger partial charge in [-0.2, -0.15) is 13.2 Å². The van der Waals surface area contributed by atoms with Crippen molar-refractivity contribution in [1.82, 2.24) is 15.2 Å². The van der Waals surface area contributed by atoms with Gasteiger partial charge < -0.3 is 15.2 Å². The molecule has 11 heteroatoms. The number of rotatable bonds is 8. The molecule has 0 saturated heterocycles. The standard InChI is InChI=1S/C23H27ClF3N3O4/c1-14(18-10-9-16(12-28-18)34-13-23(25,26)27)29-20(31)19(30(21(32)33)22(2,3)4)11-15-7-5-6-8-17(15)24/h5-10,12,14,19H,11,13H2,1-4H3,(H,29,31)(H,32,33)/t14-,19+/m1/s1. The summed E-state index contributed by atoms with van der Waals surface area (Å²) in [5.74, 6) is -0.634. The summed E-state index contributed by atoms with van der Waals surface area (Å²) in [7, 11) is 0. The molecule has 1 aromatic carbocycles. The summed E-state index contributed by atoms with van der Waals surface area (Å²) in [6.07, 6.45) is -4.57. The van der Waals surface area contributed by atoms with E-state index < -0.39 is 42.4 Å². The number of carbonyl (C=O) groups is 2. The second kappa shape index (κ2) is 10.9. The number of carboxylic acid groups (broad SMARTS) is 1. The lowest BCUT2D eigenvalue weighted by atomic mass is 9.97. The van der Waals surface area contributed by atoms with Crippen molar-refractivity contribution in [3.8, 4) is 5.75 Å². The Hall–Kier alpha value is -3.01. The molecule has 2 rings (SSSR count). The minimum Gasteiger partial charge on any atom is -0.483 e.